The van der Waals surface area contributed by atoms with E-state index in [1.165, 1.54) is 43.9 Å². The molecule has 0 aliphatic carbocycles. The molecule has 1 aromatic heterocycles. The number of nitrogens with zero attached hydrogens (tertiary/aromatic N) is 2. The van der Waals surface area contributed by atoms with Crippen LogP contribution in [0.5, 0.6) is 5.75 Å². The van der Waals surface area contributed by atoms with Crippen molar-refractivity contribution < 1.29 is 18.9 Å². The molecule has 0 aliphatic heterocycles. The Kier molecular flexibility index (Phi) is 4.86. The summed E-state index contributed by atoms with van der Waals surface area (Å²) >= 11 is 0. The van der Waals surface area contributed by atoms with E-state index in [0.717, 1.165) is 0 Å². The molecule has 114 valence electrons. The van der Waals surface area contributed by atoms with Crippen LogP contribution in [0.15, 0.2) is 52.4 Å². The molecule has 8 nitrogen and oxygen atoms in total. The Hall–Kier alpha value is -3.16. The van der Waals surface area contributed by atoms with Gasteiger partial charge in [0.1, 0.15) is 0 Å². The Morgan fingerprint density at radius 2 is 2.23 bits per heavy atom. The van der Waals surface area contributed by atoms with Gasteiger partial charge in [-0.3, -0.25) is 14.9 Å². The van der Waals surface area contributed by atoms with Crippen molar-refractivity contribution in [2.24, 2.45) is 5.10 Å². The number of nitro benzene ring substituents is 1. The second-order valence-corrected chi connectivity index (χ2v) is 4.28. The first-order chi connectivity index (χ1) is 10.6. The molecular formula is C14H13N3O5. The van der Waals surface area contributed by atoms with Gasteiger partial charge in [0.15, 0.2) is 11.9 Å². The van der Waals surface area contributed by atoms with Crippen LogP contribution in [0.2, 0.25) is 0 Å². The fourth-order valence-corrected chi connectivity index (χ4v) is 1.56. The minimum absolute atomic E-state index is 0.0222. The van der Waals surface area contributed by atoms with Crippen LogP contribution in [-0.4, -0.2) is 23.1 Å². The number of hydrazone groups is 1. The first-order valence-electron chi connectivity index (χ1n) is 6.33. The third-order valence-corrected chi connectivity index (χ3v) is 2.67. The van der Waals surface area contributed by atoms with E-state index in [-0.39, 0.29) is 11.4 Å². The maximum absolute atomic E-state index is 11.8. The SMILES string of the molecule is C[C@H](Oc1ccccc1[N+](=O)[O-])C(=O)N/N=C\c1ccoc1. The van der Waals surface area contributed by atoms with E-state index < -0.39 is 16.9 Å². The predicted octanol–water partition coefficient (Wildman–Crippen LogP) is 2.11. The molecule has 0 aliphatic rings. The highest BCUT2D eigenvalue weighted by atomic mass is 16.6. The van der Waals surface area contributed by atoms with Gasteiger partial charge in [-0.15, -0.1) is 0 Å². The van der Waals surface area contributed by atoms with E-state index >= 15 is 0 Å². The number of ether oxygens (including phenoxy) is 1. The average molecular weight is 303 g/mol. The summed E-state index contributed by atoms with van der Waals surface area (Å²) in [6, 6.07) is 7.51. The molecule has 0 fully saturated rings. The number of hydrogen-bond acceptors (Lipinski definition) is 6. The number of benzene rings is 1. The lowest BCUT2D eigenvalue weighted by molar-refractivity contribution is -0.386. The first-order valence-corrected chi connectivity index (χ1v) is 6.33. The highest BCUT2D eigenvalue weighted by molar-refractivity contribution is 5.84. The maximum Gasteiger partial charge on any atom is 0.310 e. The normalized spacial score (nSPS) is 12.0. The van der Waals surface area contributed by atoms with Gasteiger partial charge in [0.25, 0.3) is 5.91 Å². The van der Waals surface area contributed by atoms with E-state index in [9.17, 15) is 14.9 Å². The second kappa shape index (κ2) is 7.02. The van der Waals surface area contributed by atoms with Crippen molar-refractivity contribution >= 4 is 17.8 Å². The summed E-state index contributed by atoms with van der Waals surface area (Å²) in [5, 5.41) is 14.6. The van der Waals surface area contributed by atoms with Gasteiger partial charge < -0.3 is 9.15 Å². The third-order valence-electron chi connectivity index (χ3n) is 2.67. The van der Waals surface area contributed by atoms with Crippen LogP contribution >= 0.6 is 0 Å². The van der Waals surface area contributed by atoms with Gasteiger partial charge in [-0.2, -0.15) is 5.10 Å². The molecule has 2 rings (SSSR count). The van der Waals surface area contributed by atoms with Crippen LogP contribution in [0.1, 0.15) is 12.5 Å². The molecule has 1 heterocycles. The van der Waals surface area contributed by atoms with Crippen LogP contribution in [0.25, 0.3) is 0 Å². The topological polar surface area (TPSA) is 107 Å². The number of carbonyl (C=O) groups is 1. The summed E-state index contributed by atoms with van der Waals surface area (Å²) < 4.78 is 10.2. The van der Waals surface area contributed by atoms with Crippen LogP contribution in [0.4, 0.5) is 5.69 Å². The van der Waals surface area contributed by atoms with E-state index in [2.05, 4.69) is 10.5 Å². The lowest BCUT2D eigenvalue weighted by Gasteiger charge is -2.12. The quantitative estimate of drug-likeness (QED) is 0.499. The number of furan rings is 1. The zero-order valence-corrected chi connectivity index (χ0v) is 11.6. The van der Waals surface area contributed by atoms with E-state index in [1.54, 1.807) is 12.1 Å². The maximum atomic E-state index is 11.8. The number of rotatable bonds is 6. The molecule has 1 atom stereocenters. The molecule has 0 spiro atoms. The highest BCUT2D eigenvalue weighted by Gasteiger charge is 2.20. The van der Waals surface area contributed by atoms with E-state index in [1.807, 2.05) is 0 Å². The van der Waals surface area contributed by atoms with Gasteiger partial charge in [-0.05, 0) is 19.1 Å². The number of amides is 1. The Bertz CT molecular complexity index is 682. The van der Waals surface area contributed by atoms with Crippen molar-refractivity contribution in [1.29, 1.82) is 0 Å². The fourth-order valence-electron chi connectivity index (χ4n) is 1.56. The molecule has 1 amide bonds. The molecule has 1 aromatic carbocycles. The predicted molar refractivity (Wildman–Crippen MR) is 77.6 cm³/mol. The van der Waals surface area contributed by atoms with Crippen molar-refractivity contribution in [2.75, 3.05) is 0 Å². The van der Waals surface area contributed by atoms with Gasteiger partial charge in [-0.1, -0.05) is 12.1 Å². The zero-order valence-electron chi connectivity index (χ0n) is 11.6. The lowest BCUT2D eigenvalue weighted by Crippen LogP contribution is -2.33. The molecule has 22 heavy (non-hydrogen) atoms. The average Bonchev–Trinajstić information content (AvgIpc) is 3.00. The van der Waals surface area contributed by atoms with E-state index in [4.69, 9.17) is 9.15 Å². The van der Waals surface area contributed by atoms with E-state index in [0.29, 0.717) is 5.56 Å². The smallest absolute Gasteiger partial charge is 0.310 e. The van der Waals surface area contributed by atoms with Gasteiger partial charge in [0, 0.05) is 11.6 Å². The standard InChI is InChI=1S/C14H13N3O5/c1-10(14(18)16-15-8-11-6-7-21-9-11)22-13-5-3-2-4-12(13)17(19)20/h2-10H,1H3,(H,16,18)/b15-8-/t10-/m0/s1. The first kappa shape index (κ1) is 15.2. The molecule has 1 N–H and O–H groups in total. The Balaban J connectivity index is 1.95. The van der Waals surface area contributed by atoms with Crippen LogP contribution < -0.4 is 10.2 Å². The molecule has 0 radical (unpaired) electrons. The molecular weight excluding hydrogens is 290 g/mol. The molecule has 0 saturated carbocycles. The van der Waals surface area contributed by atoms with Crippen LogP contribution in [0, 0.1) is 10.1 Å². The number of nitro groups is 1. The summed E-state index contributed by atoms with van der Waals surface area (Å²) in [5.74, 6) is -0.508. The second-order valence-electron chi connectivity index (χ2n) is 4.28. The lowest BCUT2D eigenvalue weighted by atomic mass is 10.3. The zero-order chi connectivity index (χ0) is 15.9. The fraction of sp³-hybridized carbons (Fsp3) is 0.143. The van der Waals surface area contributed by atoms with Crippen molar-refractivity contribution in [2.45, 2.75) is 13.0 Å². The molecule has 0 bridgehead atoms. The minimum atomic E-state index is -0.942. The van der Waals surface area contributed by atoms with Crippen LogP contribution in [0.3, 0.4) is 0 Å². The number of hydrogen-bond donors (Lipinski definition) is 1. The van der Waals surface area contributed by atoms with Gasteiger partial charge >= 0.3 is 5.69 Å². The van der Waals surface area contributed by atoms with Crippen molar-refractivity contribution in [3.05, 3.63) is 58.5 Å². The monoisotopic (exact) mass is 303 g/mol. The number of nitrogens with one attached hydrogen (secondary N) is 1. The van der Waals surface area contributed by atoms with Crippen molar-refractivity contribution in [3.63, 3.8) is 0 Å². The molecule has 0 unspecified atom stereocenters. The largest absolute Gasteiger partial charge is 0.474 e. The summed E-state index contributed by atoms with van der Waals surface area (Å²) in [5.41, 5.74) is 2.77. The molecule has 0 saturated heterocycles. The van der Waals surface area contributed by atoms with Gasteiger partial charge in [-0.25, -0.2) is 5.43 Å². The third kappa shape index (κ3) is 3.92. The van der Waals surface area contributed by atoms with Crippen molar-refractivity contribution in [3.8, 4) is 5.75 Å². The Morgan fingerprint density at radius 3 is 2.91 bits per heavy atom. The number of carbonyl (C=O) groups excluding carboxylic acids is 1. The minimum Gasteiger partial charge on any atom is -0.474 e. The number of para-hydroxylation sites is 2. The Labute approximate surface area is 125 Å². The van der Waals surface area contributed by atoms with Gasteiger partial charge in [0.05, 0.1) is 23.7 Å². The summed E-state index contributed by atoms with van der Waals surface area (Å²) in [7, 11) is 0. The summed E-state index contributed by atoms with van der Waals surface area (Å²) in [6.07, 6.45) is 3.40. The molecule has 2 aromatic rings. The summed E-state index contributed by atoms with van der Waals surface area (Å²) in [4.78, 5) is 22.1. The Morgan fingerprint density at radius 1 is 1.45 bits per heavy atom. The van der Waals surface area contributed by atoms with Crippen molar-refractivity contribution in [1.82, 2.24) is 5.43 Å². The molecule has 8 heteroatoms. The van der Waals surface area contributed by atoms with Gasteiger partial charge in [0.2, 0.25) is 0 Å². The van der Waals surface area contributed by atoms with Crippen LogP contribution in [-0.2, 0) is 4.79 Å². The summed E-state index contributed by atoms with van der Waals surface area (Å²) in [6.45, 7) is 1.47. The highest BCUT2D eigenvalue weighted by Crippen LogP contribution is 2.26.